The number of carbonyl (C=O) groups excluding carboxylic acids is 2. The van der Waals surface area contributed by atoms with E-state index in [0.717, 1.165) is 12.8 Å². The van der Waals surface area contributed by atoms with E-state index in [9.17, 15) is 9.59 Å². The van der Waals surface area contributed by atoms with Crippen molar-refractivity contribution in [1.82, 2.24) is 10.2 Å². The molecule has 1 aliphatic heterocycles. The second kappa shape index (κ2) is 7.43. The highest BCUT2D eigenvalue weighted by Crippen LogP contribution is 2.20. The number of hydrogen-bond acceptors (Lipinski definition) is 3. The van der Waals surface area contributed by atoms with Gasteiger partial charge in [0.2, 0.25) is 5.91 Å². The predicted molar refractivity (Wildman–Crippen MR) is 82.1 cm³/mol. The first-order valence-electron chi connectivity index (χ1n) is 7.14. The summed E-state index contributed by atoms with van der Waals surface area (Å²) in [6.45, 7) is 2.01. The molecule has 0 aliphatic carbocycles. The van der Waals surface area contributed by atoms with E-state index in [0.29, 0.717) is 36.8 Å². The number of amides is 2. The fourth-order valence-electron chi connectivity index (χ4n) is 2.52. The average molecular weight is 310 g/mol. The zero-order valence-corrected chi connectivity index (χ0v) is 12.6. The fraction of sp³-hybridized carbons (Fsp3) is 0.467. The van der Waals surface area contributed by atoms with Crippen molar-refractivity contribution < 1.29 is 9.59 Å². The van der Waals surface area contributed by atoms with Crippen LogP contribution in [0, 0.1) is 5.92 Å². The van der Waals surface area contributed by atoms with Crippen LogP contribution in [-0.4, -0.2) is 42.9 Å². The third-order valence-electron chi connectivity index (χ3n) is 3.59. The van der Waals surface area contributed by atoms with Crippen LogP contribution in [0.4, 0.5) is 0 Å². The molecular formula is C15H20ClN3O2. The minimum Gasteiger partial charge on any atom is -0.355 e. The first kappa shape index (κ1) is 15.8. The molecule has 0 spiro atoms. The molecule has 1 aromatic rings. The van der Waals surface area contributed by atoms with Crippen molar-refractivity contribution in [2.75, 3.05) is 26.2 Å². The van der Waals surface area contributed by atoms with Crippen LogP contribution >= 0.6 is 11.6 Å². The molecule has 1 unspecified atom stereocenters. The number of likely N-dealkylation sites (tertiary alicyclic amines) is 1. The van der Waals surface area contributed by atoms with Gasteiger partial charge in [0.15, 0.2) is 0 Å². The second-order valence-electron chi connectivity index (χ2n) is 5.18. The Morgan fingerprint density at radius 2 is 2.24 bits per heavy atom. The van der Waals surface area contributed by atoms with Crippen molar-refractivity contribution in [3.05, 3.63) is 34.9 Å². The fourth-order valence-corrected chi connectivity index (χ4v) is 2.71. The lowest BCUT2D eigenvalue weighted by atomic mass is 9.96. The van der Waals surface area contributed by atoms with E-state index < -0.39 is 0 Å². The van der Waals surface area contributed by atoms with Crippen LogP contribution in [0.1, 0.15) is 23.2 Å². The first-order valence-corrected chi connectivity index (χ1v) is 7.52. The number of nitrogens with zero attached hydrogens (tertiary/aromatic N) is 1. The summed E-state index contributed by atoms with van der Waals surface area (Å²) in [6.07, 6.45) is 1.63. The number of benzene rings is 1. The SMILES string of the molecule is NCCNC(=O)C1CCCN(C(=O)c2cccc(Cl)c2)C1. The summed E-state index contributed by atoms with van der Waals surface area (Å²) < 4.78 is 0. The molecular weight excluding hydrogens is 290 g/mol. The van der Waals surface area contributed by atoms with Crippen LogP contribution in [-0.2, 0) is 4.79 Å². The Morgan fingerprint density at radius 1 is 1.43 bits per heavy atom. The van der Waals surface area contributed by atoms with Gasteiger partial charge in [0, 0.05) is 36.8 Å². The van der Waals surface area contributed by atoms with Crippen LogP contribution in [0.2, 0.25) is 5.02 Å². The Balaban J connectivity index is 2.00. The Morgan fingerprint density at radius 3 is 2.95 bits per heavy atom. The molecule has 1 atom stereocenters. The predicted octanol–water partition coefficient (Wildman–Crippen LogP) is 1.27. The highest BCUT2D eigenvalue weighted by molar-refractivity contribution is 6.30. The van der Waals surface area contributed by atoms with Crippen molar-refractivity contribution >= 4 is 23.4 Å². The molecule has 1 aromatic carbocycles. The van der Waals surface area contributed by atoms with Crippen molar-refractivity contribution in [2.24, 2.45) is 11.7 Å². The molecule has 114 valence electrons. The van der Waals surface area contributed by atoms with E-state index in [4.69, 9.17) is 17.3 Å². The number of rotatable bonds is 4. The molecule has 0 saturated carbocycles. The monoisotopic (exact) mass is 309 g/mol. The summed E-state index contributed by atoms with van der Waals surface area (Å²) in [7, 11) is 0. The van der Waals surface area contributed by atoms with Crippen LogP contribution < -0.4 is 11.1 Å². The summed E-state index contributed by atoms with van der Waals surface area (Å²) >= 11 is 5.92. The number of nitrogens with two attached hydrogens (primary N) is 1. The Bertz CT molecular complexity index is 521. The molecule has 6 heteroatoms. The van der Waals surface area contributed by atoms with E-state index in [1.54, 1.807) is 29.2 Å². The number of nitrogens with one attached hydrogen (secondary N) is 1. The molecule has 3 N–H and O–H groups in total. The van der Waals surface area contributed by atoms with E-state index in [2.05, 4.69) is 5.32 Å². The number of piperidine rings is 1. The molecule has 2 amide bonds. The van der Waals surface area contributed by atoms with Gasteiger partial charge in [-0.2, -0.15) is 0 Å². The summed E-state index contributed by atoms with van der Waals surface area (Å²) in [4.78, 5) is 26.2. The molecule has 21 heavy (non-hydrogen) atoms. The van der Waals surface area contributed by atoms with Gasteiger partial charge >= 0.3 is 0 Å². The topological polar surface area (TPSA) is 75.4 Å². The molecule has 0 bridgehead atoms. The van der Waals surface area contributed by atoms with Crippen LogP contribution in [0.25, 0.3) is 0 Å². The summed E-state index contributed by atoms with van der Waals surface area (Å²) in [5, 5.41) is 3.32. The van der Waals surface area contributed by atoms with Crippen LogP contribution in [0.5, 0.6) is 0 Å². The molecule has 1 heterocycles. The maximum absolute atomic E-state index is 12.4. The summed E-state index contributed by atoms with van der Waals surface area (Å²) in [5.41, 5.74) is 5.94. The summed E-state index contributed by atoms with van der Waals surface area (Å²) in [6, 6.07) is 6.89. The van der Waals surface area contributed by atoms with Gasteiger partial charge in [-0.1, -0.05) is 17.7 Å². The Labute approximate surface area is 129 Å². The molecule has 1 fully saturated rings. The lowest BCUT2D eigenvalue weighted by Gasteiger charge is -2.32. The number of carbonyl (C=O) groups is 2. The maximum Gasteiger partial charge on any atom is 0.253 e. The van der Waals surface area contributed by atoms with Crippen molar-refractivity contribution in [1.29, 1.82) is 0 Å². The van der Waals surface area contributed by atoms with Crippen molar-refractivity contribution in [3.63, 3.8) is 0 Å². The lowest BCUT2D eigenvalue weighted by Crippen LogP contribution is -2.46. The molecule has 0 radical (unpaired) electrons. The Kier molecular flexibility index (Phi) is 5.59. The third-order valence-corrected chi connectivity index (χ3v) is 3.83. The molecule has 2 rings (SSSR count). The average Bonchev–Trinajstić information content (AvgIpc) is 2.52. The van der Waals surface area contributed by atoms with Gasteiger partial charge in [-0.25, -0.2) is 0 Å². The van der Waals surface area contributed by atoms with Crippen LogP contribution in [0.3, 0.4) is 0 Å². The smallest absolute Gasteiger partial charge is 0.253 e. The van der Waals surface area contributed by atoms with E-state index in [1.165, 1.54) is 0 Å². The minimum absolute atomic E-state index is 0.0240. The molecule has 1 saturated heterocycles. The molecule has 5 nitrogen and oxygen atoms in total. The number of halogens is 1. The second-order valence-corrected chi connectivity index (χ2v) is 5.62. The first-order chi connectivity index (χ1) is 10.1. The minimum atomic E-state index is -0.159. The van der Waals surface area contributed by atoms with Gasteiger partial charge in [0.25, 0.3) is 5.91 Å². The Hall–Kier alpha value is -1.59. The normalized spacial score (nSPS) is 18.4. The zero-order chi connectivity index (χ0) is 15.2. The van der Waals surface area contributed by atoms with E-state index >= 15 is 0 Å². The summed E-state index contributed by atoms with van der Waals surface area (Å²) in [5.74, 6) is -0.258. The van der Waals surface area contributed by atoms with E-state index in [1.807, 2.05) is 0 Å². The van der Waals surface area contributed by atoms with Gasteiger partial charge in [-0.05, 0) is 31.0 Å². The largest absolute Gasteiger partial charge is 0.355 e. The van der Waals surface area contributed by atoms with Gasteiger partial charge in [0.05, 0.1) is 5.92 Å². The van der Waals surface area contributed by atoms with E-state index in [-0.39, 0.29) is 17.7 Å². The molecule has 0 aromatic heterocycles. The van der Waals surface area contributed by atoms with Gasteiger partial charge in [-0.15, -0.1) is 0 Å². The highest BCUT2D eigenvalue weighted by atomic mass is 35.5. The highest BCUT2D eigenvalue weighted by Gasteiger charge is 2.28. The molecule has 1 aliphatic rings. The van der Waals surface area contributed by atoms with Crippen molar-refractivity contribution in [2.45, 2.75) is 12.8 Å². The number of hydrogen-bond donors (Lipinski definition) is 2. The third kappa shape index (κ3) is 4.19. The van der Waals surface area contributed by atoms with Gasteiger partial charge in [-0.3, -0.25) is 9.59 Å². The van der Waals surface area contributed by atoms with Gasteiger partial charge in [0.1, 0.15) is 0 Å². The van der Waals surface area contributed by atoms with Crippen molar-refractivity contribution in [3.8, 4) is 0 Å². The maximum atomic E-state index is 12.4. The van der Waals surface area contributed by atoms with Gasteiger partial charge < -0.3 is 16.0 Å². The standard InChI is InChI=1S/C15H20ClN3O2/c16-13-5-1-3-11(9-13)15(21)19-8-2-4-12(10-19)14(20)18-7-6-17/h1,3,5,9,12H,2,4,6-8,10,17H2,(H,18,20). The quantitative estimate of drug-likeness (QED) is 0.879. The van der Waals surface area contributed by atoms with Crippen LogP contribution in [0.15, 0.2) is 24.3 Å². The lowest BCUT2D eigenvalue weighted by molar-refractivity contribution is -0.126. The zero-order valence-electron chi connectivity index (χ0n) is 11.8.